The van der Waals surface area contributed by atoms with Crippen molar-refractivity contribution in [2.75, 3.05) is 30.3 Å². The normalized spacial score (nSPS) is 19.6. The zero-order chi connectivity index (χ0) is 12.4. The molecule has 1 heterocycles. The van der Waals surface area contributed by atoms with E-state index in [-0.39, 0.29) is 23.9 Å². The SMILES string of the molecule is Nc1cc(N2CCC(CO)C2)ccc1[N+](=O)[O-]. The summed E-state index contributed by atoms with van der Waals surface area (Å²) in [6.07, 6.45) is 0.938. The number of nitrogens with two attached hydrogens (primary N) is 1. The van der Waals surface area contributed by atoms with E-state index in [1.165, 1.54) is 6.07 Å². The molecule has 1 aromatic rings. The summed E-state index contributed by atoms with van der Waals surface area (Å²) in [5.41, 5.74) is 6.64. The first kappa shape index (κ1) is 11.7. The zero-order valence-corrected chi connectivity index (χ0v) is 9.37. The van der Waals surface area contributed by atoms with Crippen LogP contribution in [0.5, 0.6) is 0 Å². The predicted octanol–water partition coefficient (Wildman–Crippen LogP) is 0.996. The van der Waals surface area contributed by atoms with Gasteiger partial charge in [-0.2, -0.15) is 0 Å². The number of rotatable bonds is 3. The van der Waals surface area contributed by atoms with Crippen LogP contribution in [0.15, 0.2) is 18.2 Å². The van der Waals surface area contributed by atoms with Gasteiger partial charge in [0.05, 0.1) is 4.92 Å². The van der Waals surface area contributed by atoms with Crippen molar-refractivity contribution in [2.24, 2.45) is 5.92 Å². The molecule has 17 heavy (non-hydrogen) atoms. The Morgan fingerprint density at radius 3 is 2.88 bits per heavy atom. The maximum atomic E-state index is 10.6. The molecule has 1 atom stereocenters. The van der Waals surface area contributed by atoms with Gasteiger partial charge in [0, 0.05) is 37.4 Å². The maximum absolute atomic E-state index is 10.6. The number of nitro groups is 1. The standard InChI is InChI=1S/C11H15N3O3/c12-10-5-9(1-2-11(10)14(16)17)13-4-3-8(6-13)7-15/h1-2,5,8,15H,3-4,6-7,12H2. The number of benzene rings is 1. The first-order valence-corrected chi connectivity index (χ1v) is 5.51. The van der Waals surface area contributed by atoms with E-state index in [9.17, 15) is 10.1 Å². The third-order valence-electron chi connectivity index (χ3n) is 3.12. The molecular formula is C11H15N3O3. The second-order valence-corrected chi connectivity index (χ2v) is 4.28. The van der Waals surface area contributed by atoms with Crippen LogP contribution >= 0.6 is 0 Å². The van der Waals surface area contributed by atoms with Crippen LogP contribution in [0.3, 0.4) is 0 Å². The molecule has 6 heteroatoms. The van der Waals surface area contributed by atoms with Crippen molar-refractivity contribution in [3.8, 4) is 0 Å². The van der Waals surface area contributed by atoms with E-state index in [4.69, 9.17) is 10.8 Å². The molecule has 1 fully saturated rings. The van der Waals surface area contributed by atoms with E-state index in [0.717, 1.165) is 25.2 Å². The van der Waals surface area contributed by atoms with Gasteiger partial charge in [0.1, 0.15) is 5.69 Å². The number of nitro benzene ring substituents is 1. The van der Waals surface area contributed by atoms with Crippen LogP contribution in [0.2, 0.25) is 0 Å². The minimum absolute atomic E-state index is 0.0633. The number of hydrogen-bond donors (Lipinski definition) is 2. The fourth-order valence-corrected chi connectivity index (χ4v) is 2.12. The van der Waals surface area contributed by atoms with Gasteiger partial charge in [0.2, 0.25) is 0 Å². The molecule has 1 aliphatic rings. The first-order chi connectivity index (χ1) is 8.11. The van der Waals surface area contributed by atoms with Gasteiger partial charge < -0.3 is 15.7 Å². The summed E-state index contributed by atoms with van der Waals surface area (Å²) < 4.78 is 0. The molecule has 1 saturated heterocycles. The fourth-order valence-electron chi connectivity index (χ4n) is 2.12. The maximum Gasteiger partial charge on any atom is 0.292 e. The van der Waals surface area contributed by atoms with Gasteiger partial charge in [-0.3, -0.25) is 10.1 Å². The summed E-state index contributed by atoms with van der Waals surface area (Å²) in [6.45, 7) is 1.80. The number of aliphatic hydroxyl groups excluding tert-OH is 1. The summed E-state index contributed by atoms with van der Waals surface area (Å²) in [5.74, 6) is 0.284. The lowest BCUT2D eigenvalue weighted by molar-refractivity contribution is -0.383. The molecule has 0 aliphatic carbocycles. The molecule has 0 saturated carbocycles. The Labute approximate surface area is 98.8 Å². The molecule has 0 radical (unpaired) electrons. The van der Waals surface area contributed by atoms with Crippen LogP contribution in [0.4, 0.5) is 17.1 Å². The zero-order valence-electron chi connectivity index (χ0n) is 9.37. The second-order valence-electron chi connectivity index (χ2n) is 4.28. The largest absolute Gasteiger partial charge is 0.396 e. The van der Waals surface area contributed by atoms with Crippen LogP contribution in [0, 0.1) is 16.0 Å². The highest BCUT2D eigenvalue weighted by molar-refractivity contribution is 5.66. The number of nitrogen functional groups attached to an aromatic ring is 1. The number of hydrogen-bond acceptors (Lipinski definition) is 5. The molecule has 3 N–H and O–H groups in total. The Kier molecular flexibility index (Phi) is 3.14. The Balaban J connectivity index is 2.18. The Morgan fingerprint density at radius 1 is 1.59 bits per heavy atom. The minimum atomic E-state index is -0.486. The topological polar surface area (TPSA) is 92.6 Å². The van der Waals surface area contributed by atoms with Crippen molar-refractivity contribution in [2.45, 2.75) is 6.42 Å². The molecule has 2 rings (SSSR count). The highest BCUT2D eigenvalue weighted by Crippen LogP contribution is 2.29. The second kappa shape index (κ2) is 4.58. The lowest BCUT2D eigenvalue weighted by Gasteiger charge is -2.18. The highest BCUT2D eigenvalue weighted by atomic mass is 16.6. The molecule has 92 valence electrons. The monoisotopic (exact) mass is 237 g/mol. The Bertz CT molecular complexity index is 436. The smallest absolute Gasteiger partial charge is 0.292 e. The summed E-state index contributed by atoms with van der Waals surface area (Å²) in [5, 5.41) is 19.7. The molecule has 0 bridgehead atoms. The van der Waals surface area contributed by atoms with Crippen LogP contribution < -0.4 is 10.6 Å². The van der Waals surface area contributed by atoms with E-state index < -0.39 is 4.92 Å². The Morgan fingerprint density at radius 2 is 2.35 bits per heavy atom. The molecule has 0 aromatic heterocycles. The van der Waals surface area contributed by atoms with E-state index in [0.29, 0.717) is 0 Å². The summed E-state index contributed by atoms with van der Waals surface area (Å²) in [7, 11) is 0. The van der Waals surface area contributed by atoms with Gasteiger partial charge in [-0.1, -0.05) is 0 Å². The van der Waals surface area contributed by atoms with Crippen molar-refractivity contribution in [1.29, 1.82) is 0 Å². The van der Waals surface area contributed by atoms with E-state index >= 15 is 0 Å². The van der Waals surface area contributed by atoms with Crippen LogP contribution in [-0.4, -0.2) is 29.7 Å². The Hall–Kier alpha value is -1.82. The minimum Gasteiger partial charge on any atom is -0.396 e. The van der Waals surface area contributed by atoms with Gasteiger partial charge in [-0.05, 0) is 18.6 Å². The summed E-state index contributed by atoms with van der Waals surface area (Å²) in [6, 6.07) is 4.75. The highest BCUT2D eigenvalue weighted by Gasteiger charge is 2.23. The van der Waals surface area contributed by atoms with E-state index in [1.54, 1.807) is 12.1 Å². The molecule has 6 nitrogen and oxygen atoms in total. The van der Waals surface area contributed by atoms with Crippen LogP contribution in [0.25, 0.3) is 0 Å². The molecule has 1 aromatic carbocycles. The van der Waals surface area contributed by atoms with Gasteiger partial charge in [-0.15, -0.1) is 0 Å². The van der Waals surface area contributed by atoms with Crippen molar-refractivity contribution >= 4 is 17.1 Å². The lowest BCUT2D eigenvalue weighted by atomic mass is 10.1. The first-order valence-electron chi connectivity index (χ1n) is 5.51. The third kappa shape index (κ3) is 2.31. The third-order valence-corrected chi connectivity index (χ3v) is 3.12. The molecule has 0 spiro atoms. The van der Waals surface area contributed by atoms with E-state index in [1.807, 2.05) is 0 Å². The van der Waals surface area contributed by atoms with Gasteiger partial charge >= 0.3 is 0 Å². The predicted molar refractivity (Wildman–Crippen MR) is 64.9 cm³/mol. The van der Waals surface area contributed by atoms with E-state index in [2.05, 4.69) is 4.90 Å². The summed E-state index contributed by atoms with van der Waals surface area (Å²) in [4.78, 5) is 12.2. The molecule has 1 aliphatic heterocycles. The van der Waals surface area contributed by atoms with Crippen molar-refractivity contribution in [1.82, 2.24) is 0 Å². The fraction of sp³-hybridized carbons (Fsp3) is 0.455. The van der Waals surface area contributed by atoms with Crippen molar-refractivity contribution < 1.29 is 10.0 Å². The number of nitrogens with zero attached hydrogens (tertiary/aromatic N) is 2. The molecular weight excluding hydrogens is 222 g/mol. The van der Waals surface area contributed by atoms with Gasteiger partial charge in [-0.25, -0.2) is 0 Å². The molecule has 0 amide bonds. The van der Waals surface area contributed by atoms with Crippen molar-refractivity contribution in [3.63, 3.8) is 0 Å². The van der Waals surface area contributed by atoms with Crippen molar-refractivity contribution in [3.05, 3.63) is 28.3 Å². The average Bonchev–Trinajstić information content (AvgIpc) is 2.76. The number of aliphatic hydroxyl groups is 1. The quantitative estimate of drug-likeness (QED) is 0.464. The van der Waals surface area contributed by atoms with Crippen LogP contribution in [0.1, 0.15) is 6.42 Å². The lowest BCUT2D eigenvalue weighted by Crippen LogP contribution is -2.20. The van der Waals surface area contributed by atoms with Gasteiger partial charge in [0.15, 0.2) is 0 Å². The van der Waals surface area contributed by atoms with Gasteiger partial charge in [0.25, 0.3) is 5.69 Å². The average molecular weight is 237 g/mol. The number of anilines is 2. The molecule has 1 unspecified atom stereocenters. The van der Waals surface area contributed by atoms with Crippen LogP contribution in [-0.2, 0) is 0 Å². The summed E-state index contributed by atoms with van der Waals surface area (Å²) >= 11 is 0.